The average molecular weight is 253 g/mol. The highest BCUT2D eigenvalue weighted by Gasteiger charge is 2.14. The van der Waals surface area contributed by atoms with Gasteiger partial charge in [0.25, 0.3) is 0 Å². The largest absolute Gasteiger partial charge is 0.388 e. The summed E-state index contributed by atoms with van der Waals surface area (Å²) in [4.78, 5) is 0. The predicted octanol–water partition coefficient (Wildman–Crippen LogP) is 5.00. The summed E-state index contributed by atoms with van der Waals surface area (Å²) in [7, 11) is 1.94. The van der Waals surface area contributed by atoms with E-state index < -0.39 is 0 Å². The van der Waals surface area contributed by atoms with Gasteiger partial charge in [0.2, 0.25) is 0 Å². The first-order chi connectivity index (χ1) is 8.91. The Hall–Kier alpha value is -1.76. The number of hydrogen-bond acceptors (Lipinski definition) is 1. The zero-order valence-electron chi connectivity index (χ0n) is 12.5. The summed E-state index contributed by atoms with van der Waals surface area (Å²) < 4.78 is 0. The van der Waals surface area contributed by atoms with E-state index in [0.717, 1.165) is 5.69 Å². The van der Waals surface area contributed by atoms with Crippen LogP contribution in [0.25, 0.3) is 11.1 Å². The van der Waals surface area contributed by atoms with Gasteiger partial charge in [0.15, 0.2) is 0 Å². The topological polar surface area (TPSA) is 12.0 Å². The normalized spacial score (nSPS) is 11.4. The van der Waals surface area contributed by atoms with Crippen LogP contribution in [0, 0.1) is 6.92 Å². The minimum atomic E-state index is 0.208. The molecule has 100 valence electrons. The number of rotatable bonds is 2. The number of hydrogen-bond donors (Lipinski definition) is 1. The molecule has 0 aliphatic rings. The molecule has 1 heteroatoms. The maximum atomic E-state index is 3.15. The molecule has 0 bridgehead atoms. The van der Waals surface area contributed by atoms with Crippen molar-refractivity contribution in [2.45, 2.75) is 33.1 Å². The molecule has 0 unspecified atom stereocenters. The lowest BCUT2D eigenvalue weighted by Gasteiger charge is -2.20. The van der Waals surface area contributed by atoms with E-state index in [1.807, 2.05) is 7.05 Å². The van der Waals surface area contributed by atoms with Gasteiger partial charge >= 0.3 is 0 Å². The Morgan fingerprint density at radius 1 is 0.895 bits per heavy atom. The van der Waals surface area contributed by atoms with Gasteiger partial charge in [-0.05, 0) is 46.7 Å². The summed E-state index contributed by atoms with van der Waals surface area (Å²) in [6.45, 7) is 8.95. The van der Waals surface area contributed by atoms with Gasteiger partial charge in [-0.3, -0.25) is 0 Å². The summed E-state index contributed by atoms with van der Waals surface area (Å²) in [6.07, 6.45) is 0. The first-order valence-corrected chi connectivity index (χ1v) is 6.81. The fourth-order valence-corrected chi connectivity index (χ4v) is 2.27. The fraction of sp³-hybridized carbons (Fsp3) is 0.333. The Morgan fingerprint density at radius 2 is 1.53 bits per heavy atom. The smallest absolute Gasteiger partial charge is 0.0337 e. The maximum absolute atomic E-state index is 3.15. The molecule has 0 radical (unpaired) electrons. The second-order valence-corrected chi connectivity index (χ2v) is 6.11. The molecule has 0 saturated carbocycles. The SMILES string of the molecule is CNc1ccc(-c2ccc(C(C)(C)C)cc2C)cc1. The molecule has 0 spiro atoms. The van der Waals surface area contributed by atoms with Crippen molar-refractivity contribution in [1.82, 2.24) is 0 Å². The van der Waals surface area contributed by atoms with Crippen molar-refractivity contribution in [2.75, 3.05) is 12.4 Å². The van der Waals surface area contributed by atoms with E-state index in [1.54, 1.807) is 0 Å². The van der Waals surface area contributed by atoms with E-state index in [1.165, 1.54) is 22.3 Å². The standard InChI is InChI=1S/C18H23N/c1-13-12-15(18(2,3)4)8-11-17(13)14-6-9-16(19-5)10-7-14/h6-12,19H,1-5H3. The van der Waals surface area contributed by atoms with Crippen LogP contribution in [0.1, 0.15) is 31.9 Å². The van der Waals surface area contributed by atoms with E-state index >= 15 is 0 Å². The molecule has 0 atom stereocenters. The Bertz CT molecular complexity index is 559. The lowest BCUT2D eigenvalue weighted by molar-refractivity contribution is 0.590. The van der Waals surface area contributed by atoms with Gasteiger partial charge in [-0.25, -0.2) is 0 Å². The van der Waals surface area contributed by atoms with Gasteiger partial charge in [-0.2, -0.15) is 0 Å². The molecule has 0 aliphatic heterocycles. The fourth-order valence-electron chi connectivity index (χ4n) is 2.27. The van der Waals surface area contributed by atoms with Crippen molar-refractivity contribution in [1.29, 1.82) is 0 Å². The highest BCUT2D eigenvalue weighted by molar-refractivity contribution is 5.69. The highest BCUT2D eigenvalue weighted by atomic mass is 14.8. The molecule has 2 aromatic rings. The average Bonchev–Trinajstić information content (AvgIpc) is 2.38. The third-order valence-corrected chi connectivity index (χ3v) is 3.58. The maximum Gasteiger partial charge on any atom is 0.0337 e. The van der Waals surface area contributed by atoms with Crippen LogP contribution in [0.15, 0.2) is 42.5 Å². The number of aryl methyl sites for hydroxylation is 1. The Kier molecular flexibility index (Phi) is 3.66. The van der Waals surface area contributed by atoms with Crippen molar-refractivity contribution in [3.63, 3.8) is 0 Å². The molecule has 0 aromatic heterocycles. The molecule has 1 nitrogen and oxygen atoms in total. The number of nitrogens with one attached hydrogen (secondary N) is 1. The summed E-state index contributed by atoms with van der Waals surface area (Å²) in [5, 5.41) is 3.15. The predicted molar refractivity (Wildman–Crippen MR) is 84.9 cm³/mol. The van der Waals surface area contributed by atoms with Crippen LogP contribution in [-0.4, -0.2) is 7.05 Å². The van der Waals surface area contributed by atoms with Crippen molar-refractivity contribution in [3.8, 4) is 11.1 Å². The van der Waals surface area contributed by atoms with E-state index in [2.05, 4.69) is 75.5 Å². The van der Waals surface area contributed by atoms with E-state index in [9.17, 15) is 0 Å². The monoisotopic (exact) mass is 253 g/mol. The summed E-state index contributed by atoms with van der Waals surface area (Å²) in [6, 6.07) is 15.4. The van der Waals surface area contributed by atoms with E-state index in [-0.39, 0.29) is 5.41 Å². The summed E-state index contributed by atoms with van der Waals surface area (Å²) in [5.41, 5.74) is 6.67. The van der Waals surface area contributed by atoms with Crippen LogP contribution in [0.2, 0.25) is 0 Å². The van der Waals surface area contributed by atoms with E-state index in [4.69, 9.17) is 0 Å². The zero-order valence-corrected chi connectivity index (χ0v) is 12.5. The summed E-state index contributed by atoms with van der Waals surface area (Å²) >= 11 is 0. The van der Waals surface area contributed by atoms with Crippen LogP contribution in [-0.2, 0) is 5.41 Å². The first-order valence-electron chi connectivity index (χ1n) is 6.81. The van der Waals surface area contributed by atoms with Crippen molar-refractivity contribution in [2.24, 2.45) is 0 Å². The van der Waals surface area contributed by atoms with Gasteiger partial charge in [-0.15, -0.1) is 0 Å². The highest BCUT2D eigenvalue weighted by Crippen LogP contribution is 2.29. The number of benzene rings is 2. The van der Waals surface area contributed by atoms with Gasteiger partial charge in [0.05, 0.1) is 0 Å². The van der Waals surface area contributed by atoms with Gasteiger partial charge in [0.1, 0.15) is 0 Å². The second kappa shape index (κ2) is 5.08. The Morgan fingerprint density at radius 3 is 2.00 bits per heavy atom. The molecule has 2 rings (SSSR count). The quantitative estimate of drug-likeness (QED) is 0.794. The van der Waals surface area contributed by atoms with Gasteiger partial charge in [0, 0.05) is 12.7 Å². The molecule has 0 heterocycles. The molecule has 1 N–H and O–H groups in total. The van der Waals surface area contributed by atoms with Crippen molar-refractivity contribution < 1.29 is 0 Å². The molecule has 2 aromatic carbocycles. The zero-order chi connectivity index (χ0) is 14.0. The van der Waals surface area contributed by atoms with Crippen LogP contribution in [0.3, 0.4) is 0 Å². The van der Waals surface area contributed by atoms with Gasteiger partial charge in [-0.1, -0.05) is 51.1 Å². The molecule has 19 heavy (non-hydrogen) atoms. The summed E-state index contributed by atoms with van der Waals surface area (Å²) in [5.74, 6) is 0. The third kappa shape index (κ3) is 2.98. The lowest BCUT2D eigenvalue weighted by atomic mass is 9.84. The Balaban J connectivity index is 2.40. The molecular formula is C18H23N. The lowest BCUT2D eigenvalue weighted by Crippen LogP contribution is -2.11. The van der Waals surface area contributed by atoms with Crippen LogP contribution < -0.4 is 5.32 Å². The number of anilines is 1. The molecule has 0 amide bonds. The van der Waals surface area contributed by atoms with Crippen LogP contribution in [0.5, 0.6) is 0 Å². The van der Waals surface area contributed by atoms with Crippen molar-refractivity contribution >= 4 is 5.69 Å². The third-order valence-electron chi connectivity index (χ3n) is 3.58. The van der Waals surface area contributed by atoms with Gasteiger partial charge < -0.3 is 5.32 Å². The minimum absolute atomic E-state index is 0.208. The van der Waals surface area contributed by atoms with Crippen LogP contribution >= 0.6 is 0 Å². The minimum Gasteiger partial charge on any atom is -0.388 e. The molecule has 0 fully saturated rings. The van der Waals surface area contributed by atoms with E-state index in [0.29, 0.717) is 0 Å². The molecular weight excluding hydrogens is 230 g/mol. The molecule has 0 aliphatic carbocycles. The molecule has 0 saturated heterocycles. The Labute approximate surface area is 116 Å². The van der Waals surface area contributed by atoms with Crippen molar-refractivity contribution in [3.05, 3.63) is 53.6 Å². The first kappa shape index (κ1) is 13.7. The second-order valence-electron chi connectivity index (χ2n) is 6.11. The van der Waals surface area contributed by atoms with Crippen LogP contribution in [0.4, 0.5) is 5.69 Å².